The third-order valence-electron chi connectivity index (χ3n) is 12.4. The van der Waals surface area contributed by atoms with E-state index in [0.717, 1.165) is 4.90 Å². The maximum atomic E-state index is 14.5. The number of carbonyl (C=O) groups excluding carboxylic acids is 7. The number of hydrogen-bond acceptors (Lipinski definition) is 8. The first-order valence-corrected chi connectivity index (χ1v) is 23.0. The minimum absolute atomic E-state index is 0.0154. The van der Waals surface area contributed by atoms with E-state index in [1.165, 1.54) is 28.7 Å². The van der Waals surface area contributed by atoms with Crippen LogP contribution in [0.4, 0.5) is 13.2 Å². The number of alkyl halides is 3. The fourth-order valence-corrected chi connectivity index (χ4v) is 9.13. The third-order valence-corrected chi connectivity index (χ3v) is 13.0. The zero-order valence-corrected chi connectivity index (χ0v) is 39.3. The molecule has 0 aliphatic carbocycles. The van der Waals surface area contributed by atoms with Crippen LogP contribution >= 0.6 is 23.2 Å². The van der Waals surface area contributed by atoms with E-state index in [2.05, 4.69) is 16.0 Å². The molecule has 358 valence electrons. The molecule has 3 aliphatic rings. The minimum atomic E-state index is -5.01. The van der Waals surface area contributed by atoms with Crippen molar-refractivity contribution in [3.63, 3.8) is 0 Å². The van der Waals surface area contributed by atoms with Gasteiger partial charge >= 0.3 is 6.18 Å². The van der Waals surface area contributed by atoms with Gasteiger partial charge in [-0.05, 0) is 108 Å². The van der Waals surface area contributed by atoms with Gasteiger partial charge < -0.3 is 40.3 Å². The van der Waals surface area contributed by atoms with Crippen molar-refractivity contribution < 1.29 is 51.5 Å². The number of ether oxygens (including phenoxy) is 1. The van der Waals surface area contributed by atoms with Crippen LogP contribution in [0.1, 0.15) is 104 Å². The standard InChI is InChI=1S/C44H64Cl2F3N7O8/c1-8-31-40(61)53(6)20-12-10-15-33(37(58)52-32(23-26(3)4)41(62)54(7)35(38(59)51-31)25-28-24-29(45)17-18-30(28)46)55(9-2)39(60)27(5)50-36(57)34-16-14-21-56(34)42(63)43(44(47,48)49)19-11-13-22-64-43/h17-18,24,26-27,31-35H,8-16,19-23,25H2,1-7H3,(H,50,57)(H,51,59)(H,52,58)/t27-,31+,32-,33-,34-,35-,43?/m0/s1. The highest BCUT2D eigenvalue weighted by Gasteiger charge is 2.64. The molecule has 4 rings (SSSR count). The van der Waals surface area contributed by atoms with Crippen LogP contribution in [0.25, 0.3) is 0 Å². The molecular weight excluding hydrogens is 882 g/mol. The van der Waals surface area contributed by atoms with Crippen LogP contribution in [0.3, 0.4) is 0 Å². The molecule has 0 bridgehead atoms. The lowest BCUT2D eigenvalue weighted by molar-refractivity contribution is -0.281. The van der Waals surface area contributed by atoms with Crippen molar-refractivity contribution >= 4 is 64.6 Å². The molecule has 0 saturated carbocycles. The summed E-state index contributed by atoms with van der Waals surface area (Å²) in [6.07, 6.45) is -3.59. The summed E-state index contributed by atoms with van der Waals surface area (Å²) in [5, 5.41) is 8.95. The lowest BCUT2D eigenvalue weighted by Gasteiger charge is -2.40. The zero-order chi connectivity index (χ0) is 47.7. The molecule has 0 radical (unpaired) electrons. The van der Waals surface area contributed by atoms with Gasteiger partial charge in [-0.15, -0.1) is 0 Å². The molecule has 1 aromatic rings. The Kier molecular flexibility index (Phi) is 18.7. The number of carbonyl (C=O) groups is 7. The maximum Gasteiger partial charge on any atom is 0.426 e. The number of rotatable bonds is 11. The fourth-order valence-electron chi connectivity index (χ4n) is 8.74. The number of halogens is 5. The molecule has 7 atom stereocenters. The molecule has 0 aromatic heterocycles. The summed E-state index contributed by atoms with van der Waals surface area (Å²) in [7, 11) is 3.02. The maximum absolute atomic E-state index is 14.5. The molecular formula is C44H64Cl2F3N7O8. The Bertz CT molecular complexity index is 1870. The van der Waals surface area contributed by atoms with Crippen molar-refractivity contribution in [2.45, 2.75) is 153 Å². The van der Waals surface area contributed by atoms with Gasteiger partial charge in [0.05, 0.1) is 0 Å². The van der Waals surface area contributed by atoms with Gasteiger partial charge in [0, 0.05) is 56.8 Å². The quantitative estimate of drug-likeness (QED) is 0.287. The summed E-state index contributed by atoms with van der Waals surface area (Å²) in [5.41, 5.74) is -2.59. The van der Waals surface area contributed by atoms with Crippen molar-refractivity contribution in [1.82, 2.24) is 35.6 Å². The van der Waals surface area contributed by atoms with Crippen molar-refractivity contribution in [3.05, 3.63) is 33.8 Å². The van der Waals surface area contributed by atoms with Crippen LogP contribution in [0, 0.1) is 5.92 Å². The van der Waals surface area contributed by atoms with Gasteiger partial charge in [0.25, 0.3) is 5.91 Å². The Balaban J connectivity index is 1.64. The number of benzene rings is 1. The number of likely N-dealkylation sites (N-methyl/N-ethyl adjacent to an activating group) is 3. The lowest BCUT2D eigenvalue weighted by Crippen LogP contribution is -2.63. The Morgan fingerprint density at radius 3 is 2.22 bits per heavy atom. The van der Waals surface area contributed by atoms with E-state index in [1.807, 2.05) is 13.8 Å². The van der Waals surface area contributed by atoms with Crippen molar-refractivity contribution in [2.75, 3.05) is 40.3 Å². The van der Waals surface area contributed by atoms with E-state index < -0.39 is 89.9 Å². The van der Waals surface area contributed by atoms with Gasteiger partial charge in [0.15, 0.2) is 0 Å². The molecule has 0 spiro atoms. The third kappa shape index (κ3) is 12.4. The van der Waals surface area contributed by atoms with Crippen LogP contribution in [0.5, 0.6) is 0 Å². The molecule has 3 aliphatic heterocycles. The largest absolute Gasteiger partial charge is 0.426 e. The van der Waals surface area contributed by atoms with Gasteiger partial charge in [-0.2, -0.15) is 13.2 Å². The van der Waals surface area contributed by atoms with E-state index in [1.54, 1.807) is 39.1 Å². The second kappa shape index (κ2) is 22.8. The fraction of sp³-hybridized carbons (Fsp3) is 0.705. The van der Waals surface area contributed by atoms with Crippen LogP contribution in [0.2, 0.25) is 10.0 Å². The predicted molar refractivity (Wildman–Crippen MR) is 234 cm³/mol. The highest BCUT2D eigenvalue weighted by Crippen LogP contribution is 2.43. The van der Waals surface area contributed by atoms with E-state index in [0.29, 0.717) is 34.9 Å². The number of nitrogens with zero attached hydrogens (tertiary/aromatic N) is 4. The topological polar surface area (TPSA) is 178 Å². The number of likely N-dealkylation sites (tertiary alicyclic amines) is 1. The second-order valence-corrected chi connectivity index (χ2v) is 18.3. The normalized spacial score (nSPS) is 26.4. The summed E-state index contributed by atoms with van der Waals surface area (Å²) >= 11 is 12.8. The molecule has 3 N–H and O–H groups in total. The van der Waals surface area contributed by atoms with E-state index >= 15 is 0 Å². The minimum Gasteiger partial charge on any atom is -0.357 e. The van der Waals surface area contributed by atoms with Crippen molar-refractivity contribution in [2.24, 2.45) is 5.92 Å². The molecule has 20 heteroatoms. The molecule has 3 saturated heterocycles. The highest BCUT2D eigenvalue weighted by atomic mass is 35.5. The van der Waals surface area contributed by atoms with Gasteiger partial charge in [0.2, 0.25) is 41.0 Å². The summed E-state index contributed by atoms with van der Waals surface area (Å²) in [6.45, 7) is 8.38. The lowest BCUT2D eigenvalue weighted by atomic mass is 9.91. The van der Waals surface area contributed by atoms with Crippen LogP contribution in [-0.4, -0.2) is 149 Å². The van der Waals surface area contributed by atoms with E-state index in [-0.39, 0.29) is 83.0 Å². The molecule has 3 heterocycles. The van der Waals surface area contributed by atoms with Crippen LogP contribution in [0.15, 0.2) is 18.2 Å². The Hall–Kier alpha value is -4.16. The van der Waals surface area contributed by atoms with Crippen molar-refractivity contribution in [3.8, 4) is 0 Å². The Labute approximate surface area is 383 Å². The van der Waals surface area contributed by atoms with E-state index in [4.69, 9.17) is 27.9 Å². The highest BCUT2D eigenvalue weighted by molar-refractivity contribution is 6.33. The Morgan fingerprint density at radius 1 is 0.922 bits per heavy atom. The van der Waals surface area contributed by atoms with Crippen molar-refractivity contribution in [1.29, 1.82) is 0 Å². The van der Waals surface area contributed by atoms with Gasteiger partial charge in [-0.25, -0.2) is 0 Å². The van der Waals surface area contributed by atoms with Gasteiger partial charge in [-0.1, -0.05) is 44.0 Å². The average Bonchev–Trinajstić information content (AvgIpc) is 3.75. The molecule has 1 aromatic carbocycles. The monoisotopic (exact) mass is 945 g/mol. The molecule has 1 unspecified atom stereocenters. The van der Waals surface area contributed by atoms with Gasteiger partial charge in [-0.3, -0.25) is 33.6 Å². The summed E-state index contributed by atoms with van der Waals surface area (Å²) in [4.78, 5) is 103. The molecule has 7 amide bonds. The van der Waals surface area contributed by atoms with Gasteiger partial charge in [0.1, 0.15) is 36.3 Å². The number of amides is 7. The average molecular weight is 947 g/mol. The first-order valence-electron chi connectivity index (χ1n) is 22.3. The smallest absolute Gasteiger partial charge is 0.357 e. The molecule has 64 heavy (non-hydrogen) atoms. The number of hydrogen-bond donors (Lipinski definition) is 3. The number of nitrogens with one attached hydrogen (secondary N) is 3. The Morgan fingerprint density at radius 2 is 1.61 bits per heavy atom. The SMILES string of the molecule is CC[C@H]1NC(=O)[C@H](Cc2cc(Cl)ccc2Cl)N(C)C(=O)[C@H](CC(C)C)NC(=O)[C@@H](N(CC)C(=O)[C@H](C)NC(=O)[C@@H]2CCCN2C(=O)C2(C(F)(F)F)CCCCO2)CCCCN(C)C1=O. The zero-order valence-electron chi connectivity index (χ0n) is 37.8. The molecule has 15 nitrogen and oxygen atoms in total. The first kappa shape index (κ1) is 52.5. The summed E-state index contributed by atoms with van der Waals surface area (Å²) in [6, 6.07) is -2.30. The van der Waals surface area contributed by atoms with E-state index in [9.17, 15) is 46.7 Å². The summed E-state index contributed by atoms with van der Waals surface area (Å²) < 4.78 is 48.4. The van der Waals surface area contributed by atoms with Crippen LogP contribution in [-0.2, 0) is 44.7 Å². The summed E-state index contributed by atoms with van der Waals surface area (Å²) in [5.74, 6) is -5.22. The molecule has 3 fully saturated rings. The van der Waals surface area contributed by atoms with Crippen LogP contribution < -0.4 is 16.0 Å². The predicted octanol–water partition coefficient (Wildman–Crippen LogP) is 4.65. The first-order chi connectivity index (χ1) is 30.1. The second-order valence-electron chi connectivity index (χ2n) is 17.5.